The van der Waals surface area contributed by atoms with Crippen molar-refractivity contribution in [2.45, 2.75) is 33.2 Å². The number of nitrogens with one attached hydrogen (secondary N) is 1. The fourth-order valence-corrected chi connectivity index (χ4v) is 5.31. The Morgan fingerprint density at radius 3 is 2.45 bits per heavy atom. The predicted molar refractivity (Wildman–Crippen MR) is 136 cm³/mol. The van der Waals surface area contributed by atoms with Crippen LogP contribution in [0.2, 0.25) is 0 Å². The summed E-state index contributed by atoms with van der Waals surface area (Å²) in [5.74, 6) is -0.133. The Morgan fingerprint density at radius 1 is 0.970 bits per heavy atom. The lowest BCUT2D eigenvalue weighted by molar-refractivity contribution is -0.116. The van der Waals surface area contributed by atoms with Crippen LogP contribution < -0.4 is 9.62 Å². The average molecular weight is 464 g/mol. The summed E-state index contributed by atoms with van der Waals surface area (Å²) in [7, 11) is -3.44. The van der Waals surface area contributed by atoms with Gasteiger partial charge in [-0.05, 0) is 62.2 Å². The van der Waals surface area contributed by atoms with Crippen LogP contribution >= 0.6 is 0 Å². The van der Waals surface area contributed by atoms with Gasteiger partial charge in [-0.3, -0.25) is 9.10 Å². The van der Waals surface area contributed by atoms with Crippen LogP contribution in [0.3, 0.4) is 0 Å². The number of benzene rings is 3. The average Bonchev–Trinajstić information content (AvgIpc) is 3.09. The fraction of sp³-hybridized carbons (Fsp3) is 0.269. The summed E-state index contributed by atoms with van der Waals surface area (Å²) in [6.07, 6.45) is 1.84. The number of aromatic nitrogens is 1. The lowest BCUT2D eigenvalue weighted by Crippen LogP contribution is -2.31. The van der Waals surface area contributed by atoms with E-state index in [1.165, 1.54) is 16.1 Å². The molecule has 7 heteroatoms. The number of fused-ring (bicyclic) bond motifs is 3. The third-order valence-electron chi connectivity index (χ3n) is 5.83. The zero-order valence-electron chi connectivity index (χ0n) is 19.2. The van der Waals surface area contributed by atoms with Gasteiger partial charge in [0.25, 0.3) is 0 Å². The van der Waals surface area contributed by atoms with Crippen molar-refractivity contribution in [3.63, 3.8) is 0 Å². The molecule has 6 nitrogen and oxygen atoms in total. The highest BCUT2D eigenvalue weighted by atomic mass is 32.2. The standard InChI is InChI=1S/C26H29N3O3S/c1-4-28-24-12-6-5-11-22(24)23-18-20(14-15-25(23)28)27-26(30)13-8-16-29(33(3,31)32)21-10-7-9-19(2)17-21/h5-7,9-12,14-15,17-18H,4,8,13,16H2,1-3H3,(H,27,30). The summed E-state index contributed by atoms with van der Waals surface area (Å²) < 4.78 is 28.2. The molecule has 33 heavy (non-hydrogen) atoms. The summed E-state index contributed by atoms with van der Waals surface area (Å²) in [6, 6.07) is 21.6. The van der Waals surface area contributed by atoms with Crippen LogP contribution in [0.1, 0.15) is 25.3 Å². The number of carbonyl (C=O) groups excluding carboxylic acids is 1. The summed E-state index contributed by atoms with van der Waals surface area (Å²) >= 11 is 0. The maximum Gasteiger partial charge on any atom is 0.232 e. The van der Waals surface area contributed by atoms with E-state index in [0.29, 0.717) is 12.1 Å². The molecule has 0 aliphatic rings. The maximum absolute atomic E-state index is 12.6. The van der Waals surface area contributed by atoms with Crippen LogP contribution in [0.25, 0.3) is 21.8 Å². The molecule has 1 heterocycles. The lowest BCUT2D eigenvalue weighted by atomic mass is 10.1. The number of carbonyl (C=O) groups is 1. The first-order valence-corrected chi connectivity index (χ1v) is 13.0. The fourth-order valence-electron chi connectivity index (χ4n) is 4.35. The number of para-hydroxylation sites is 1. The van der Waals surface area contributed by atoms with Crippen LogP contribution in [0.5, 0.6) is 0 Å². The third-order valence-corrected chi connectivity index (χ3v) is 7.02. The van der Waals surface area contributed by atoms with E-state index in [1.54, 1.807) is 6.07 Å². The van der Waals surface area contributed by atoms with E-state index in [0.717, 1.165) is 34.1 Å². The van der Waals surface area contributed by atoms with Gasteiger partial charge in [-0.25, -0.2) is 8.42 Å². The topological polar surface area (TPSA) is 71.4 Å². The Bertz CT molecular complexity index is 1420. The van der Waals surface area contributed by atoms with E-state index in [2.05, 4.69) is 28.9 Å². The first-order chi connectivity index (χ1) is 15.8. The normalized spacial score (nSPS) is 11.7. The Hall–Kier alpha value is -3.32. The third kappa shape index (κ3) is 4.88. The number of sulfonamides is 1. The molecule has 0 spiro atoms. The smallest absolute Gasteiger partial charge is 0.232 e. The lowest BCUT2D eigenvalue weighted by Gasteiger charge is -2.22. The van der Waals surface area contributed by atoms with E-state index in [9.17, 15) is 13.2 Å². The first kappa shape index (κ1) is 22.9. The number of aryl methyl sites for hydroxylation is 2. The van der Waals surface area contributed by atoms with Crippen molar-refractivity contribution in [2.24, 2.45) is 0 Å². The summed E-state index contributed by atoms with van der Waals surface area (Å²) in [5, 5.41) is 5.24. The Balaban J connectivity index is 1.46. The predicted octanol–water partition coefficient (Wildman–Crippen LogP) is 5.31. The molecule has 0 fully saturated rings. The zero-order chi connectivity index (χ0) is 23.6. The van der Waals surface area contributed by atoms with Crippen molar-refractivity contribution in [3.05, 3.63) is 72.3 Å². The van der Waals surface area contributed by atoms with Crippen molar-refractivity contribution in [2.75, 3.05) is 22.4 Å². The van der Waals surface area contributed by atoms with E-state index >= 15 is 0 Å². The van der Waals surface area contributed by atoms with Crippen molar-refractivity contribution in [1.29, 1.82) is 0 Å². The zero-order valence-corrected chi connectivity index (χ0v) is 20.0. The molecule has 0 unspecified atom stereocenters. The molecular formula is C26H29N3O3S. The van der Waals surface area contributed by atoms with Gasteiger partial charge in [0.2, 0.25) is 15.9 Å². The number of anilines is 2. The molecule has 0 bridgehead atoms. The molecule has 0 atom stereocenters. The molecule has 4 rings (SSSR count). The molecular weight excluding hydrogens is 434 g/mol. The summed E-state index contributed by atoms with van der Waals surface area (Å²) in [6.45, 7) is 5.16. The largest absolute Gasteiger partial charge is 0.341 e. The Labute approximate surface area is 194 Å². The number of nitrogens with zero attached hydrogens (tertiary/aromatic N) is 2. The second-order valence-electron chi connectivity index (χ2n) is 8.32. The Morgan fingerprint density at radius 2 is 1.73 bits per heavy atom. The van der Waals surface area contributed by atoms with Gasteiger partial charge in [0, 0.05) is 47.0 Å². The van der Waals surface area contributed by atoms with E-state index in [-0.39, 0.29) is 18.9 Å². The van der Waals surface area contributed by atoms with Gasteiger partial charge in [-0.1, -0.05) is 30.3 Å². The monoisotopic (exact) mass is 463 g/mol. The minimum Gasteiger partial charge on any atom is -0.341 e. The highest BCUT2D eigenvalue weighted by Crippen LogP contribution is 2.31. The number of hydrogen-bond donors (Lipinski definition) is 1. The molecule has 1 aromatic heterocycles. The molecule has 1 amide bonds. The van der Waals surface area contributed by atoms with Gasteiger partial charge in [-0.15, -0.1) is 0 Å². The van der Waals surface area contributed by atoms with Crippen LogP contribution in [0.4, 0.5) is 11.4 Å². The highest BCUT2D eigenvalue weighted by molar-refractivity contribution is 7.92. The van der Waals surface area contributed by atoms with Crippen molar-refractivity contribution >= 4 is 49.1 Å². The summed E-state index contributed by atoms with van der Waals surface area (Å²) in [4.78, 5) is 12.6. The van der Waals surface area contributed by atoms with Gasteiger partial charge in [0.1, 0.15) is 0 Å². The molecule has 0 radical (unpaired) electrons. The molecule has 1 N–H and O–H groups in total. The minimum atomic E-state index is -3.44. The van der Waals surface area contributed by atoms with Gasteiger partial charge in [0.15, 0.2) is 0 Å². The molecule has 0 aliphatic heterocycles. The van der Waals surface area contributed by atoms with E-state index < -0.39 is 10.0 Å². The van der Waals surface area contributed by atoms with E-state index in [1.807, 2.05) is 55.5 Å². The second kappa shape index (κ2) is 9.27. The van der Waals surface area contributed by atoms with Gasteiger partial charge in [-0.2, -0.15) is 0 Å². The number of amides is 1. The minimum absolute atomic E-state index is 0.133. The molecule has 0 saturated heterocycles. The van der Waals surface area contributed by atoms with Crippen LogP contribution in [-0.2, 0) is 21.4 Å². The van der Waals surface area contributed by atoms with Crippen molar-refractivity contribution in [1.82, 2.24) is 4.57 Å². The van der Waals surface area contributed by atoms with Gasteiger partial charge >= 0.3 is 0 Å². The Kier molecular flexibility index (Phi) is 6.42. The molecule has 0 aliphatic carbocycles. The van der Waals surface area contributed by atoms with Crippen LogP contribution in [0.15, 0.2) is 66.7 Å². The molecule has 172 valence electrons. The second-order valence-corrected chi connectivity index (χ2v) is 10.2. The molecule has 4 aromatic rings. The SMILES string of the molecule is CCn1c2ccccc2c2cc(NC(=O)CCCN(c3cccc(C)c3)S(C)(=O)=O)ccc21. The van der Waals surface area contributed by atoms with Crippen molar-refractivity contribution < 1.29 is 13.2 Å². The van der Waals surface area contributed by atoms with Crippen molar-refractivity contribution in [3.8, 4) is 0 Å². The van der Waals surface area contributed by atoms with Crippen LogP contribution in [-0.4, -0.2) is 31.7 Å². The quantitative estimate of drug-likeness (QED) is 0.385. The van der Waals surface area contributed by atoms with Gasteiger partial charge in [0.05, 0.1) is 11.9 Å². The highest BCUT2D eigenvalue weighted by Gasteiger charge is 2.18. The molecule has 3 aromatic carbocycles. The summed E-state index contributed by atoms with van der Waals surface area (Å²) in [5.41, 5.74) is 4.66. The van der Waals surface area contributed by atoms with Gasteiger partial charge < -0.3 is 9.88 Å². The van der Waals surface area contributed by atoms with Crippen LogP contribution in [0, 0.1) is 6.92 Å². The number of hydrogen-bond acceptors (Lipinski definition) is 3. The number of rotatable bonds is 8. The molecule has 0 saturated carbocycles. The van der Waals surface area contributed by atoms with E-state index in [4.69, 9.17) is 0 Å². The first-order valence-electron chi connectivity index (χ1n) is 11.1. The maximum atomic E-state index is 12.6.